The van der Waals surface area contributed by atoms with Crippen LogP contribution in [0.2, 0.25) is 0 Å². The van der Waals surface area contributed by atoms with E-state index in [1.807, 2.05) is 24.3 Å². The van der Waals surface area contributed by atoms with Gasteiger partial charge < -0.3 is 14.8 Å². The minimum atomic E-state index is 0.666. The van der Waals surface area contributed by atoms with Gasteiger partial charge in [-0.3, -0.25) is 4.57 Å². The third-order valence-corrected chi connectivity index (χ3v) is 6.39. The first-order valence-corrected chi connectivity index (χ1v) is 11.0. The maximum atomic E-state index is 9.09. The lowest BCUT2D eigenvalue weighted by molar-refractivity contribution is 0.724. The van der Waals surface area contributed by atoms with Gasteiger partial charge in [0.2, 0.25) is 0 Å². The zero-order valence-corrected chi connectivity index (χ0v) is 17.7. The number of hydrogen-bond donors (Lipinski definition) is 1. The van der Waals surface area contributed by atoms with Crippen molar-refractivity contribution in [2.45, 2.75) is 13.0 Å². The van der Waals surface area contributed by atoms with Gasteiger partial charge in [-0.1, -0.05) is 12.1 Å². The minimum absolute atomic E-state index is 0.666. The van der Waals surface area contributed by atoms with Gasteiger partial charge in [0.25, 0.3) is 0 Å². The summed E-state index contributed by atoms with van der Waals surface area (Å²) in [7, 11) is 0. The molecule has 0 aliphatic carbocycles. The predicted molar refractivity (Wildman–Crippen MR) is 124 cm³/mol. The third-order valence-electron chi connectivity index (χ3n) is 6.39. The standard InChI is InChI=1S/C25H23N7/c26-14-18-2-4-19(5-3-18)20-13-24-25-29-28-17-32(25)23-7-6-22(12-21(23)16-31(24)15-20)30-10-1-8-27-9-11-30/h2-7,12-13,15,17,27H,1,8-11,16H2. The molecule has 2 aromatic carbocycles. The zero-order chi connectivity index (χ0) is 21.5. The van der Waals surface area contributed by atoms with Gasteiger partial charge in [-0.2, -0.15) is 5.26 Å². The summed E-state index contributed by atoms with van der Waals surface area (Å²) in [6.07, 6.45) is 5.13. The Morgan fingerprint density at radius 3 is 2.75 bits per heavy atom. The Morgan fingerprint density at radius 2 is 1.88 bits per heavy atom. The molecule has 1 saturated heterocycles. The molecule has 0 spiro atoms. The summed E-state index contributed by atoms with van der Waals surface area (Å²) in [5.41, 5.74) is 7.55. The molecular weight excluding hydrogens is 398 g/mol. The Bertz CT molecular complexity index is 1320. The van der Waals surface area contributed by atoms with Crippen molar-refractivity contribution in [3.63, 3.8) is 0 Å². The van der Waals surface area contributed by atoms with Gasteiger partial charge in [-0.05, 0) is 60.5 Å². The van der Waals surface area contributed by atoms with Gasteiger partial charge in [0.05, 0.1) is 23.0 Å². The summed E-state index contributed by atoms with van der Waals surface area (Å²) in [5.74, 6) is 0.843. The molecule has 0 bridgehead atoms. The summed E-state index contributed by atoms with van der Waals surface area (Å²) < 4.78 is 4.35. The first kappa shape index (κ1) is 18.8. The SMILES string of the molecule is N#Cc1ccc(-c2cc3n(c2)Cc2cc(N4CCCNCC4)ccc2-n2cnnc2-3)cc1. The third kappa shape index (κ3) is 3.17. The van der Waals surface area contributed by atoms with Crippen molar-refractivity contribution < 1.29 is 0 Å². The van der Waals surface area contributed by atoms with E-state index in [1.54, 1.807) is 6.33 Å². The van der Waals surface area contributed by atoms with E-state index in [2.05, 4.69) is 66.1 Å². The molecule has 0 atom stereocenters. The van der Waals surface area contributed by atoms with Gasteiger partial charge in [0, 0.05) is 43.6 Å². The molecule has 7 heteroatoms. The number of fused-ring (bicyclic) bond motifs is 5. The fourth-order valence-corrected chi connectivity index (χ4v) is 4.73. The van der Waals surface area contributed by atoms with Crippen molar-refractivity contribution in [1.29, 1.82) is 5.26 Å². The Hall–Kier alpha value is -3.89. The van der Waals surface area contributed by atoms with Crippen LogP contribution in [0.3, 0.4) is 0 Å². The monoisotopic (exact) mass is 421 g/mol. The van der Waals surface area contributed by atoms with Crippen molar-refractivity contribution in [3.8, 4) is 34.4 Å². The molecule has 158 valence electrons. The molecule has 6 rings (SSSR count). The Balaban J connectivity index is 1.43. The minimum Gasteiger partial charge on any atom is -0.370 e. The zero-order valence-electron chi connectivity index (χ0n) is 17.7. The fourth-order valence-electron chi connectivity index (χ4n) is 4.73. The molecule has 2 aliphatic rings. The summed E-state index contributed by atoms with van der Waals surface area (Å²) in [5, 5.41) is 21.2. The number of nitrogens with zero attached hydrogens (tertiary/aromatic N) is 6. The van der Waals surface area contributed by atoms with Crippen molar-refractivity contribution in [2.75, 3.05) is 31.1 Å². The van der Waals surface area contributed by atoms with Crippen molar-refractivity contribution in [1.82, 2.24) is 24.6 Å². The van der Waals surface area contributed by atoms with Crippen LogP contribution in [0.25, 0.3) is 28.3 Å². The lowest BCUT2D eigenvalue weighted by Crippen LogP contribution is -2.27. The fraction of sp³-hybridized carbons (Fsp3) is 0.240. The average molecular weight is 422 g/mol. The van der Waals surface area contributed by atoms with Crippen LogP contribution in [0.4, 0.5) is 5.69 Å². The molecule has 1 fully saturated rings. The van der Waals surface area contributed by atoms with Crippen LogP contribution in [-0.4, -0.2) is 45.5 Å². The van der Waals surface area contributed by atoms with Crippen molar-refractivity contribution >= 4 is 5.69 Å². The van der Waals surface area contributed by atoms with Crippen LogP contribution >= 0.6 is 0 Å². The normalized spacial score (nSPS) is 15.2. The molecule has 4 aromatic rings. The van der Waals surface area contributed by atoms with E-state index in [1.165, 1.54) is 11.3 Å². The second-order valence-electron chi connectivity index (χ2n) is 8.36. The molecule has 0 radical (unpaired) electrons. The molecule has 32 heavy (non-hydrogen) atoms. The average Bonchev–Trinajstić information content (AvgIpc) is 3.35. The summed E-state index contributed by atoms with van der Waals surface area (Å²) >= 11 is 0. The van der Waals surface area contributed by atoms with E-state index in [-0.39, 0.29) is 0 Å². The second kappa shape index (κ2) is 7.66. The molecule has 4 heterocycles. The largest absolute Gasteiger partial charge is 0.370 e. The van der Waals surface area contributed by atoms with Crippen LogP contribution in [-0.2, 0) is 6.54 Å². The lowest BCUT2D eigenvalue weighted by Gasteiger charge is -2.23. The number of aromatic nitrogens is 4. The summed E-state index contributed by atoms with van der Waals surface area (Å²) in [6.45, 7) is 4.96. The van der Waals surface area contributed by atoms with Crippen LogP contribution in [0.1, 0.15) is 17.5 Å². The van der Waals surface area contributed by atoms with E-state index in [9.17, 15) is 0 Å². The topological polar surface area (TPSA) is 74.7 Å². The van der Waals surface area contributed by atoms with Gasteiger partial charge in [0.15, 0.2) is 5.82 Å². The molecule has 0 amide bonds. The Labute approximate surface area is 186 Å². The Kier molecular flexibility index (Phi) is 4.51. The summed E-state index contributed by atoms with van der Waals surface area (Å²) in [4.78, 5) is 2.47. The number of anilines is 1. The lowest BCUT2D eigenvalue weighted by atomic mass is 10.1. The van der Waals surface area contributed by atoms with E-state index < -0.39 is 0 Å². The first-order valence-electron chi connectivity index (χ1n) is 11.0. The maximum absolute atomic E-state index is 9.09. The number of benzene rings is 2. The highest BCUT2D eigenvalue weighted by Crippen LogP contribution is 2.35. The van der Waals surface area contributed by atoms with Crippen molar-refractivity contribution in [2.24, 2.45) is 0 Å². The highest BCUT2D eigenvalue weighted by atomic mass is 15.3. The van der Waals surface area contributed by atoms with E-state index in [4.69, 9.17) is 5.26 Å². The van der Waals surface area contributed by atoms with Crippen molar-refractivity contribution in [3.05, 3.63) is 72.2 Å². The van der Waals surface area contributed by atoms with E-state index >= 15 is 0 Å². The molecule has 2 aliphatic heterocycles. The van der Waals surface area contributed by atoms with Gasteiger partial charge in [-0.15, -0.1) is 10.2 Å². The quantitative estimate of drug-likeness (QED) is 0.473. The number of nitrogens with one attached hydrogen (secondary N) is 1. The second-order valence-corrected chi connectivity index (χ2v) is 8.36. The smallest absolute Gasteiger partial charge is 0.185 e. The molecule has 1 N–H and O–H groups in total. The van der Waals surface area contributed by atoms with E-state index in [0.717, 1.165) is 67.5 Å². The maximum Gasteiger partial charge on any atom is 0.185 e. The van der Waals surface area contributed by atoms with Gasteiger partial charge in [-0.25, -0.2) is 0 Å². The molecular formula is C25H23N7. The van der Waals surface area contributed by atoms with Crippen LogP contribution in [0, 0.1) is 11.3 Å². The van der Waals surface area contributed by atoms with E-state index in [0.29, 0.717) is 5.56 Å². The number of rotatable bonds is 2. The predicted octanol–water partition coefficient (Wildman–Crippen LogP) is 3.44. The van der Waals surface area contributed by atoms with Crippen LogP contribution in [0.15, 0.2) is 61.1 Å². The van der Waals surface area contributed by atoms with Gasteiger partial charge in [0.1, 0.15) is 6.33 Å². The highest BCUT2D eigenvalue weighted by molar-refractivity contribution is 5.72. The van der Waals surface area contributed by atoms with Gasteiger partial charge >= 0.3 is 0 Å². The number of nitriles is 1. The van der Waals surface area contributed by atoms with Crippen LogP contribution < -0.4 is 10.2 Å². The first-order chi connectivity index (χ1) is 15.8. The Morgan fingerprint density at radius 1 is 0.969 bits per heavy atom. The molecule has 0 saturated carbocycles. The molecule has 0 unspecified atom stereocenters. The number of hydrogen-bond acceptors (Lipinski definition) is 5. The van der Waals surface area contributed by atoms with Crippen LogP contribution in [0.5, 0.6) is 0 Å². The summed E-state index contributed by atoms with van der Waals surface area (Å²) in [6, 6.07) is 18.8. The molecule has 7 nitrogen and oxygen atoms in total. The molecule has 2 aromatic heterocycles. The highest BCUT2D eigenvalue weighted by Gasteiger charge is 2.23.